The summed E-state index contributed by atoms with van der Waals surface area (Å²) < 4.78 is 0. The Kier molecular flexibility index (Phi) is 2.09. The van der Waals surface area contributed by atoms with Crippen LogP contribution in [0.2, 0.25) is 0 Å². The van der Waals surface area contributed by atoms with Crippen molar-refractivity contribution in [3.8, 4) is 0 Å². The molecule has 4 nitrogen and oxygen atoms in total. The standard InChI is InChI=1S/C13H11N3O/c14-13(16-17)10-6-3-5-9-8-4-1-2-7-11(8)15-12(9)10/h1-7,15,17H,(H2,14,16). The molecule has 0 spiro atoms. The van der Waals surface area contributed by atoms with Crippen LogP contribution in [-0.4, -0.2) is 16.0 Å². The summed E-state index contributed by atoms with van der Waals surface area (Å²) in [7, 11) is 0. The molecule has 0 fully saturated rings. The van der Waals surface area contributed by atoms with Gasteiger partial charge in [0.2, 0.25) is 0 Å². The summed E-state index contributed by atoms with van der Waals surface area (Å²) in [5, 5.41) is 18.7. The summed E-state index contributed by atoms with van der Waals surface area (Å²) in [6.45, 7) is 0. The molecular weight excluding hydrogens is 214 g/mol. The number of hydrogen-bond acceptors (Lipinski definition) is 2. The normalized spacial score (nSPS) is 10.9. The second-order valence-electron chi connectivity index (χ2n) is 3.89. The first kappa shape index (κ1) is 9.86. The fourth-order valence-electron chi connectivity index (χ4n) is 2.14. The lowest BCUT2D eigenvalue weighted by molar-refractivity contribution is 0.234. The van der Waals surface area contributed by atoms with Crippen LogP contribution in [-0.2, 0) is 0 Å². The maximum absolute atomic E-state index is 8.83. The summed E-state index contributed by atoms with van der Waals surface area (Å²) in [5.74, 6) is -0.0119. The maximum Gasteiger partial charge on any atom is 0.151 e. The van der Waals surface area contributed by atoms with E-state index in [2.05, 4.69) is 4.98 Å². The third-order valence-electron chi connectivity index (χ3n) is 2.92. The summed E-state index contributed by atoms with van der Waals surface area (Å²) in [6, 6.07) is 13.7. The Hall–Kier alpha value is -2.33. The largest absolute Gasteiger partial charge is 0.354 e. The minimum atomic E-state index is -0.0119. The van der Waals surface area contributed by atoms with E-state index in [4.69, 9.17) is 10.6 Å². The van der Waals surface area contributed by atoms with Gasteiger partial charge in [0.1, 0.15) is 0 Å². The lowest BCUT2D eigenvalue weighted by Gasteiger charge is -2.02. The average molecular weight is 225 g/mol. The summed E-state index contributed by atoms with van der Waals surface area (Å²) in [6.07, 6.45) is 0. The van der Waals surface area contributed by atoms with Crippen LogP contribution in [0.4, 0.5) is 0 Å². The highest BCUT2D eigenvalue weighted by molar-refractivity contribution is 6.15. The average Bonchev–Trinajstić information content (AvgIpc) is 2.76. The molecule has 2 aromatic carbocycles. The molecule has 17 heavy (non-hydrogen) atoms. The third kappa shape index (κ3) is 1.38. The Morgan fingerprint density at radius 2 is 1.82 bits per heavy atom. The molecule has 0 aliphatic heterocycles. The van der Waals surface area contributed by atoms with Gasteiger partial charge in [0.25, 0.3) is 0 Å². The zero-order valence-corrected chi connectivity index (χ0v) is 8.99. The first-order valence-corrected chi connectivity index (χ1v) is 5.29. The minimum Gasteiger partial charge on any atom is -0.354 e. The topological polar surface area (TPSA) is 71.9 Å². The van der Waals surface area contributed by atoms with Gasteiger partial charge < -0.3 is 4.98 Å². The van der Waals surface area contributed by atoms with Gasteiger partial charge in [-0.15, -0.1) is 0 Å². The van der Waals surface area contributed by atoms with E-state index in [1.807, 2.05) is 41.9 Å². The van der Waals surface area contributed by atoms with Crippen LogP contribution >= 0.6 is 0 Å². The van der Waals surface area contributed by atoms with Crippen LogP contribution in [0.3, 0.4) is 0 Å². The van der Waals surface area contributed by atoms with E-state index in [9.17, 15) is 0 Å². The molecule has 1 aromatic heterocycles. The zero-order chi connectivity index (χ0) is 11.8. The molecule has 0 saturated heterocycles. The molecule has 84 valence electrons. The van der Waals surface area contributed by atoms with E-state index in [1.54, 1.807) is 6.07 Å². The van der Waals surface area contributed by atoms with Crippen molar-refractivity contribution in [3.63, 3.8) is 0 Å². The van der Waals surface area contributed by atoms with E-state index >= 15 is 0 Å². The van der Waals surface area contributed by atoms with Gasteiger partial charge in [-0.05, 0) is 12.1 Å². The summed E-state index contributed by atoms with van der Waals surface area (Å²) >= 11 is 0. The van der Waals surface area contributed by atoms with Gasteiger partial charge in [-0.3, -0.25) is 16.1 Å². The molecule has 3 aromatic rings. The minimum absolute atomic E-state index is 0.0119. The fraction of sp³-hybridized carbons (Fsp3) is 0. The third-order valence-corrected chi connectivity index (χ3v) is 2.92. The number of H-pyrrole nitrogens is 1. The van der Waals surface area contributed by atoms with Crippen molar-refractivity contribution < 1.29 is 5.21 Å². The number of aromatic nitrogens is 1. The molecule has 0 radical (unpaired) electrons. The Morgan fingerprint density at radius 1 is 1.06 bits per heavy atom. The van der Waals surface area contributed by atoms with E-state index in [0.717, 1.165) is 21.8 Å². The second kappa shape index (κ2) is 3.61. The number of hydroxylamine groups is 1. The molecule has 0 amide bonds. The molecule has 0 aliphatic carbocycles. The van der Waals surface area contributed by atoms with Crippen LogP contribution < -0.4 is 5.48 Å². The highest BCUT2D eigenvalue weighted by atomic mass is 16.5. The second-order valence-corrected chi connectivity index (χ2v) is 3.89. The monoisotopic (exact) mass is 225 g/mol. The summed E-state index contributed by atoms with van der Waals surface area (Å²) in [5.41, 5.74) is 4.42. The molecule has 1 heterocycles. The zero-order valence-electron chi connectivity index (χ0n) is 8.99. The van der Waals surface area contributed by atoms with Crippen LogP contribution in [0.5, 0.6) is 0 Å². The molecule has 0 unspecified atom stereocenters. The molecule has 0 saturated carbocycles. The van der Waals surface area contributed by atoms with Gasteiger partial charge in [-0.25, -0.2) is 0 Å². The number of nitrogens with one attached hydrogen (secondary N) is 3. The summed E-state index contributed by atoms with van der Waals surface area (Å²) in [4.78, 5) is 3.27. The molecule has 4 heteroatoms. The highest BCUT2D eigenvalue weighted by Gasteiger charge is 2.09. The number of rotatable bonds is 1. The molecule has 0 bridgehead atoms. The van der Waals surface area contributed by atoms with Crippen molar-refractivity contribution in [2.75, 3.05) is 0 Å². The van der Waals surface area contributed by atoms with Gasteiger partial charge in [-0.2, -0.15) is 0 Å². The number of amidine groups is 1. The van der Waals surface area contributed by atoms with Crippen LogP contribution in [0.1, 0.15) is 5.56 Å². The predicted octanol–water partition coefficient (Wildman–Crippen LogP) is 2.63. The van der Waals surface area contributed by atoms with E-state index < -0.39 is 0 Å². The highest BCUT2D eigenvalue weighted by Crippen LogP contribution is 2.27. The van der Waals surface area contributed by atoms with Gasteiger partial charge in [0, 0.05) is 21.9 Å². The lowest BCUT2D eigenvalue weighted by Crippen LogP contribution is -2.18. The van der Waals surface area contributed by atoms with Crippen molar-refractivity contribution in [2.45, 2.75) is 0 Å². The quantitative estimate of drug-likeness (QED) is 0.292. The molecule has 4 N–H and O–H groups in total. The Labute approximate surface area is 97.4 Å². The van der Waals surface area contributed by atoms with E-state index in [0.29, 0.717) is 5.56 Å². The SMILES string of the molecule is N=C(NO)c1cccc2c1[nH]c1ccccc12. The van der Waals surface area contributed by atoms with Crippen molar-refractivity contribution in [1.82, 2.24) is 10.5 Å². The first-order chi connectivity index (χ1) is 8.31. The van der Waals surface area contributed by atoms with Crippen molar-refractivity contribution >= 4 is 27.6 Å². The maximum atomic E-state index is 8.83. The number of aromatic amines is 1. The number of para-hydroxylation sites is 2. The predicted molar refractivity (Wildman–Crippen MR) is 67.6 cm³/mol. The van der Waals surface area contributed by atoms with Gasteiger partial charge in [0.15, 0.2) is 5.84 Å². The number of fused-ring (bicyclic) bond motifs is 3. The first-order valence-electron chi connectivity index (χ1n) is 5.29. The van der Waals surface area contributed by atoms with E-state index in [-0.39, 0.29) is 5.84 Å². The van der Waals surface area contributed by atoms with Crippen molar-refractivity contribution in [2.24, 2.45) is 0 Å². The van der Waals surface area contributed by atoms with Gasteiger partial charge >= 0.3 is 0 Å². The van der Waals surface area contributed by atoms with Crippen molar-refractivity contribution in [3.05, 3.63) is 48.0 Å². The fourth-order valence-corrected chi connectivity index (χ4v) is 2.14. The molecule has 0 atom stereocenters. The van der Waals surface area contributed by atoms with Gasteiger partial charge in [0.05, 0.1) is 5.52 Å². The molecule has 0 aliphatic rings. The smallest absolute Gasteiger partial charge is 0.151 e. The van der Waals surface area contributed by atoms with Gasteiger partial charge in [-0.1, -0.05) is 30.3 Å². The number of hydrogen-bond donors (Lipinski definition) is 4. The van der Waals surface area contributed by atoms with Crippen molar-refractivity contribution in [1.29, 1.82) is 5.41 Å². The molecule has 3 rings (SSSR count). The van der Waals surface area contributed by atoms with Crippen LogP contribution in [0, 0.1) is 5.41 Å². The Balaban J connectivity index is 2.43. The van der Waals surface area contributed by atoms with Crippen LogP contribution in [0.25, 0.3) is 21.8 Å². The lowest BCUT2D eigenvalue weighted by atomic mass is 10.1. The van der Waals surface area contributed by atoms with E-state index in [1.165, 1.54) is 0 Å². The van der Waals surface area contributed by atoms with Crippen LogP contribution in [0.15, 0.2) is 42.5 Å². The Morgan fingerprint density at radius 3 is 2.65 bits per heavy atom. The Bertz CT molecular complexity index is 715. The molecular formula is C13H11N3O. The number of benzene rings is 2.